The van der Waals surface area contributed by atoms with E-state index in [4.69, 9.17) is 5.73 Å². The predicted octanol–water partition coefficient (Wildman–Crippen LogP) is 2.52. The van der Waals surface area contributed by atoms with Crippen LogP contribution in [0.1, 0.15) is 0 Å². The fourth-order valence-electron chi connectivity index (χ4n) is 3.22. The molecule has 0 amide bonds. The summed E-state index contributed by atoms with van der Waals surface area (Å²) in [4.78, 5) is 2.22. The molecular weight excluding hydrogens is 365 g/mol. The molecule has 1 atom stereocenters. The molecule has 0 spiro atoms. The molecule has 0 saturated heterocycles. The monoisotopic (exact) mass is 385 g/mol. The molecule has 3 aromatic rings. The second-order valence-electron chi connectivity index (χ2n) is 5.88. The molecule has 4 nitrogen and oxygen atoms in total. The van der Waals surface area contributed by atoms with Gasteiger partial charge in [0, 0.05) is 0 Å². The Morgan fingerprint density at radius 3 is 2.71 bits per heavy atom. The first-order valence-corrected chi connectivity index (χ1v) is 10.7. The van der Waals surface area contributed by atoms with Crippen molar-refractivity contribution >= 4 is 46.1 Å². The van der Waals surface area contributed by atoms with Crippen LogP contribution >= 0.6 is 0 Å². The van der Waals surface area contributed by atoms with Crippen LogP contribution in [0, 0.1) is 0 Å². The number of nitrogens with two attached hydrogens (primary N) is 1. The first-order valence-electron chi connectivity index (χ1n) is 7.97. The van der Waals surface area contributed by atoms with E-state index in [1.54, 1.807) is 0 Å². The minimum absolute atomic E-state index is 0.665. The number of anilines is 3. The minimum atomic E-state index is -1.90. The number of rotatable bonds is 4. The first-order chi connectivity index (χ1) is 11.7. The van der Waals surface area contributed by atoms with Crippen LogP contribution in [0.15, 0.2) is 60.7 Å². The van der Waals surface area contributed by atoms with Crippen molar-refractivity contribution in [1.82, 2.24) is 0 Å². The Morgan fingerprint density at radius 2 is 1.83 bits per heavy atom. The van der Waals surface area contributed by atoms with Crippen molar-refractivity contribution in [2.45, 2.75) is 0 Å². The Kier molecular flexibility index (Phi) is 3.97. The molecule has 0 radical (unpaired) electrons. The standard InChI is InChI=1S/C19H19N3OSe/c20-15-7-3-5-14-6-4-8-16(19(14)15)21-11-12-22-13-24(23)18-10-2-1-9-17(18)22/h1-10,21H,11-13,20H2. The molecular formula is C19H19N3OSe. The topological polar surface area (TPSA) is 58.4 Å². The summed E-state index contributed by atoms with van der Waals surface area (Å²) in [5.41, 5.74) is 9.77. The van der Waals surface area contributed by atoms with E-state index in [9.17, 15) is 3.83 Å². The number of para-hydroxylation sites is 1. The fourth-order valence-corrected chi connectivity index (χ4v) is 6.05. The van der Waals surface area contributed by atoms with Crippen LogP contribution in [0.25, 0.3) is 10.8 Å². The second-order valence-corrected chi connectivity index (χ2v) is 8.80. The molecule has 0 aliphatic carbocycles. The summed E-state index contributed by atoms with van der Waals surface area (Å²) in [6, 6.07) is 20.2. The van der Waals surface area contributed by atoms with Crippen molar-refractivity contribution in [2.75, 3.05) is 34.5 Å². The van der Waals surface area contributed by atoms with Gasteiger partial charge in [-0.05, 0) is 0 Å². The van der Waals surface area contributed by atoms with E-state index in [0.29, 0.717) is 5.44 Å². The van der Waals surface area contributed by atoms with Crippen molar-refractivity contribution in [3.05, 3.63) is 60.7 Å². The van der Waals surface area contributed by atoms with E-state index in [2.05, 4.69) is 34.5 Å². The van der Waals surface area contributed by atoms with Gasteiger partial charge in [-0.25, -0.2) is 0 Å². The molecule has 1 aliphatic rings. The van der Waals surface area contributed by atoms with Crippen LogP contribution in [-0.4, -0.2) is 32.4 Å². The maximum absolute atomic E-state index is 12.3. The number of nitrogens with zero attached hydrogens (tertiary/aromatic N) is 1. The summed E-state index contributed by atoms with van der Waals surface area (Å²) < 4.78 is 13.3. The van der Waals surface area contributed by atoms with E-state index in [1.807, 2.05) is 36.4 Å². The van der Waals surface area contributed by atoms with Crippen LogP contribution < -0.4 is 20.4 Å². The van der Waals surface area contributed by atoms with Crippen LogP contribution in [-0.2, 0) is 3.83 Å². The van der Waals surface area contributed by atoms with Crippen molar-refractivity contribution in [2.24, 2.45) is 0 Å². The summed E-state index contributed by atoms with van der Waals surface area (Å²) in [6.45, 7) is 1.60. The molecule has 3 N–H and O–H groups in total. The Bertz CT molecular complexity index is 920. The molecule has 0 bridgehead atoms. The molecule has 1 unspecified atom stereocenters. The summed E-state index contributed by atoms with van der Waals surface area (Å²) in [7, 11) is 0. The molecule has 5 heteroatoms. The van der Waals surface area contributed by atoms with E-state index in [0.717, 1.165) is 45.4 Å². The number of benzene rings is 3. The average molecular weight is 384 g/mol. The normalized spacial score (nSPS) is 16.3. The van der Waals surface area contributed by atoms with Gasteiger partial charge in [-0.1, -0.05) is 0 Å². The third kappa shape index (κ3) is 2.66. The molecule has 1 heterocycles. The molecule has 0 aromatic heterocycles. The van der Waals surface area contributed by atoms with E-state index < -0.39 is 13.8 Å². The molecule has 24 heavy (non-hydrogen) atoms. The van der Waals surface area contributed by atoms with Gasteiger partial charge >= 0.3 is 145 Å². The Hall–Kier alpha value is -2.36. The molecule has 1 aliphatic heterocycles. The van der Waals surface area contributed by atoms with Gasteiger partial charge in [0.25, 0.3) is 0 Å². The Balaban J connectivity index is 1.50. The first kappa shape index (κ1) is 15.2. The predicted molar refractivity (Wildman–Crippen MR) is 102 cm³/mol. The quantitative estimate of drug-likeness (QED) is 0.536. The molecule has 3 aromatic carbocycles. The van der Waals surface area contributed by atoms with Crippen LogP contribution in [0.4, 0.5) is 17.1 Å². The molecule has 0 fully saturated rings. The SMILES string of the molecule is Nc1cccc2cccc(NCCN3C[Se](=O)c4ccccc43)c12. The van der Waals surface area contributed by atoms with Crippen molar-refractivity contribution < 1.29 is 3.83 Å². The number of nitrogen functional groups attached to an aromatic ring is 1. The van der Waals surface area contributed by atoms with Gasteiger partial charge in [-0.2, -0.15) is 0 Å². The Morgan fingerprint density at radius 1 is 1.04 bits per heavy atom. The van der Waals surface area contributed by atoms with Crippen LogP contribution in [0.3, 0.4) is 0 Å². The fraction of sp³-hybridized carbons (Fsp3) is 0.158. The zero-order chi connectivity index (χ0) is 16.5. The summed E-state index contributed by atoms with van der Waals surface area (Å²) in [6.07, 6.45) is 0. The third-order valence-electron chi connectivity index (χ3n) is 4.36. The zero-order valence-corrected chi connectivity index (χ0v) is 14.9. The van der Waals surface area contributed by atoms with Gasteiger partial charge in [0.1, 0.15) is 0 Å². The Labute approximate surface area is 145 Å². The maximum atomic E-state index is 12.3. The molecule has 0 saturated carbocycles. The second kappa shape index (κ2) is 6.27. The van der Waals surface area contributed by atoms with Gasteiger partial charge in [0.05, 0.1) is 0 Å². The summed E-state index contributed by atoms with van der Waals surface area (Å²) in [5.74, 6) is 0. The van der Waals surface area contributed by atoms with E-state index in [-0.39, 0.29) is 0 Å². The number of nitrogens with one attached hydrogen (secondary N) is 1. The van der Waals surface area contributed by atoms with Gasteiger partial charge in [-0.15, -0.1) is 0 Å². The summed E-state index contributed by atoms with van der Waals surface area (Å²) in [5, 5.41) is 5.69. The third-order valence-corrected chi connectivity index (χ3v) is 7.26. The van der Waals surface area contributed by atoms with Gasteiger partial charge in [0.2, 0.25) is 0 Å². The molecule has 4 rings (SSSR count). The number of fused-ring (bicyclic) bond motifs is 2. The molecule has 122 valence electrons. The van der Waals surface area contributed by atoms with Gasteiger partial charge < -0.3 is 0 Å². The number of hydrogen-bond acceptors (Lipinski definition) is 4. The van der Waals surface area contributed by atoms with Crippen LogP contribution in [0.2, 0.25) is 0 Å². The van der Waals surface area contributed by atoms with Crippen molar-refractivity contribution in [1.29, 1.82) is 0 Å². The van der Waals surface area contributed by atoms with E-state index in [1.165, 1.54) is 0 Å². The summed E-state index contributed by atoms with van der Waals surface area (Å²) >= 11 is -1.90. The number of hydrogen-bond donors (Lipinski definition) is 2. The average Bonchev–Trinajstić information content (AvgIpc) is 2.92. The van der Waals surface area contributed by atoms with Crippen molar-refractivity contribution in [3.8, 4) is 0 Å². The van der Waals surface area contributed by atoms with Gasteiger partial charge in [-0.3, -0.25) is 0 Å². The van der Waals surface area contributed by atoms with Crippen LogP contribution in [0.5, 0.6) is 0 Å². The zero-order valence-electron chi connectivity index (χ0n) is 13.2. The van der Waals surface area contributed by atoms with E-state index >= 15 is 0 Å². The van der Waals surface area contributed by atoms with Crippen molar-refractivity contribution in [3.63, 3.8) is 0 Å². The van der Waals surface area contributed by atoms with Gasteiger partial charge in [0.15, 0.2) is 0 Å².